The van der Waals surface area contributed by atoms with Crippen molar-refractivity contribution in [1.82, 2.24) is 0 Å². The quantitative estimate of drug-likeness (QED) is 0.263. The molecule has 0 saturated carbocycles. The molecule has 0 aliphatic carbocycles. The number of sulfonamides is 1. The molecule has 0 heterocycles. The van der Waals surface area contributed by atoms with Crippen LogP contribution in [0.15, 0.2) is 88.4 Å². The molecule has 0 spiro atoms. The van der Waals surface area contributed by atoms with Crippen molar-refractivity contribution in [2.75, 3.05) is 17.3 Å². The number of nitrogens with one attached hydrogen (secondary N) is 2. The third-order valence-electron chi connectivity index (χ3n) is 4.47. The predicted octanol–water partition coefficient (Wildman–Crippen LogP) is 4.91. The van der Waals surface area contributed by atoms with E-state index in [9.17, 15) is 18.5 Å². The SMILES string of the molecule is COc1ccc(NS(=O)(=O)c2ccc(NN=CC(C)=Cc3ccccc3)c([N+](=O)[O-])c2)cc1. The monoisotopic (exact) mass is 466 g/mol. The second kappa shape index (κ2) is 10.4. The van der Waals surface area contributed by atoms with E-state index in [1.807, 2.05) is 43.3 Å². The first kappa shape index (κ1) is 23.5. The highest BCUT2D eigenvalue weighted by molar-refractivity contribution is 7.92. The van der Waals surface area contributed by atoms with E-state index < -0.39 is 20.6 Å². The fraction of sp³-hybridized carbons (Fsp3) is 0.0870. The van der Waals surface area contributed by atoms with Crippen molar-refractivity contribution in [2.24, 2.45) is 5.10 Å². The highest BCUT2D eigenvalue weighted by Crippen LogP contribution is 2.29. The molecule has 33 heavy (non-hydrogen) atoms. The summed E-state index contributed by atoms with van der Waals surface area (Å²) in [6.45, 7) is 1.84. The van der Waals surface area contributed by atoms with Crippen LogP contribution in [0, 0.1) is 10.1 Å². The lowest BCUT2D eigenvalue weighted by Gasteiger charge is -2.10. The molecule has 3 aromatic rings. The number of methoxy groups -OCH3 is 1. The van der Waals surface area contributed by atoms with Crippen molar-refractivity contribution < 1.29 is 18.1 Å². The molecule has 0 aliphatic heterocycles. The first-order valence-corrected chi connectivity index (χ1v) is 11.2. The van der Waals surface area contributed by atoms with Gasteiger partial charge in [-0.15, -0.1) is 0 Å². The number of benzene rings is 3. The van der Waals surface area contributed by atoms with E-state index in [1.54, 1.807) is 12.1 Å². The number of hydrogen-bond acceptors (Lipinski definition) is 7. The molecule has 9 nitrogen and oxygen atoms in total. The highest BCUT2D eigenvalue weighted by Gasteiger charge is 2.21. The molecule has 0 amide bonds. The molecule has 170 valence electrons. The van der Waals surface area contributed by atoms with E-state index in [1.165, 1.54) is 37.6 Å². The van der Waals surface area contributed by atoms with Crippen LogP contribution in [0.1, 0.15) is 12.5 Å². The number of hydrazone groups is 1. The van der Waals surface area contributed by atoms with E-state index in [-0.39, 0.29) is 10.6 Å². The average Bonchev–Trinajstić information content (AvgIpc) is 2.80. The van der Waals surface area contributed by atoms with Gasteiger partial charge in [0.25, 0.3) is 15.7 Å². The van der Waals surface area contributed by atoms with Gasteiger partial charge in [0.1, 0.15) is 11.4 Å². The largest absolute Gasteiger partial charge is 0.497 e. The van der Waals surface area contributed by atoms with Crippen LogP contribution in [-0.4, -0.2) is 26.7 Å². The Morgan fingerprint density at radius 3 is 2.39 bits per heavy atom. The van der Waals surface area contributed by atoms with E-state index in [4.69, 9.17) is 4.74 Å². The van der Waals surface area contributed by atoms with Crippen LogP contribution in [0.5, 0.6) is 5.75 Å². The fourth-order valence-electron chi connectivity index (χ4n) is 2.85. The number of nitro groups is 1. The van der Waals surface area contributed by atoms with Gasteiger partial charge in [-0.05, 0) is 54.5 Å². The minimum atomic E-state index is -4.04. The van der Waals surface area contributed by atoms with Crippen LogP contribution in [0.25, 0.3) is 6.08 Å². The Balaban J connectivity index is 1.78. The average molecular weight is 467 g/mol. The standard InChI is InChI=1S/C23H22N4O5S/c1-17(14-18-6-4-3-5-7-18)16-24-25-22-13-12-21(15-23(22)27(28)29)33(30,31)26-19-8-10-20(32-2)11-9-19/h3-16,25-26H,1-2H3. The maximum Gasteiger partial charge on any atom is 0.295 e. The summed E-state index contributed by atoms with van der Waals surface area (Å²) in [4.78, 5) is 10.6. The zero-order valence-corrected chi connectivity index (χ0v) is 18.7. The fourth-order valence-corrected chi connectivity index (χ4v) is 3.93. The molecule has 0 atom stereocenters. The number of rotatable bonds is 9. The summed E-state index contributed by atoms with van der Waals surface area (Å²) in [6, 6.07) is 19.4. The number of nitrogens with zero attached hydrogens (tertiary/aromatic N) is 2. The summed E-state index contributed by atoms with van der Waals surface area (Å²) < 4.78 is 32.8. The molecule has 0 aromatic heterocycles. The highest BCUT2D eigenvalue weighted by atomic mass is 32.2. The number of anilines is 2. The minimum Gasteiger partial charge on any atom is -0.497 e. The van der Waals surface area contributed by atoms with Crippen LogP contribution in [0.2, 0.25) is 0 Å². The lowest BCUT2D eigenvalue weighted by Crippen LogP contribution is -2.13. The lowest BCUT2D eigenvalue weighted by atomic mass is 10.1. The molecule has 0 bridgehead atoms. The molecule has 0 fully saturated rings. The van der Waals surface area contributed by atoms with Crippen molar-refractivity contribution in [2.45, 2.75) is 11.8 Å². The molecular weight excluding hydrogens is 444 g/mol. The van der Waals surface area contributed by atoms with Gasteiger partial charge in [0.05, 0.1) is 23.1 Å². The van der Waals surface area contributed by atoms with Crippen molar-refractivity contribution in [3.05, 3.63) is 94.0 Å². The van der Waals surface area contributed by atoms with Crippen LogP contribution in [-0.2, 0) is 10.0 Å². The normalized spacial score (nSPS) is 11.9. The molecule has 0 aliphatic rings. The molecule has 0 radical (unpaired) electrons. The maximum absolute atomic E-state index is 12.7. The summed E-state index contributed by atoms with van der Waals surface area (Å²) in [5.41, 5.74) is 4.36. The summed E-state index contributed by atoms with van der Waals surface area (Å²) in [5.74, 6) is 0.568. The first-order chi connectivity index (χ1) is 15.8. The Kier molecular flexibility index (Phi) is 7.42. The number of hydrogen-bond donors (Lipinski definition) is 2. The maximum atomic E-state index is 12.7. The summed E-state index contributed by atoms with van der Waals surface area (Å²) in [6.07, 6.45) is 3.42. The van der Waals surface area contributed by atoms with Crippen LogP contribution >= 0.6 is 0 Å². The van der Waals surface area contributed by atoms with Gasteiger partial charge in [0.2, 0.25) is 0 Å². The van der Waals surface area contributed by atoms with Crippen LogP contribution < -0.4 is 14.9 Å². The van der Waals surface area contributed by atoms with Crippen molar-refractivity contribution in [1.29, 1.82) is 0 Å². The van der Waals surface area contributed by atoms with Gasteiger partial charge in [-0.2, -0.15) is 5.10 Å². The molecule has 3 rings (SSSR count). The predicted molar refractivity (Wildman–Crippen MR) is 129 cm³/mol. The molecule has 0 unspecified atom stereocenters. The molecule has 10 heteroatoms. The van der Waals surface area contributed by atoms with Gasteiger partial charge in [0, 0.05) is 11.8 Å². The van der Waals surface area contributed by atoms with E-state index in [0.29, 0.717) is 11.4 Å². The van der Waals surface area contributed by atoms with Crippen molar-refractivity contribution in [3.63, 3.8) is 0 Å². The molecule has 2 N–H and O–H groups in total. The van der Waals surface area contributed by atoms with Crippen molar-refractivity contribution >= 4 is 39.4 Å². The number of allylic oxidation sites excluding steroid dienone is 1. The Morgan fingerprint density at radius 1 is 1.06 bits per heavy atom. The minimum absolute atomic E-state index is 0.0622. The van der Waals surface area contributed by atoms with Gasteiger partial charge in [0.15, 0.2) is 0 Å². The summed E-state index contributed by atoms with van der Waals surface area (Å²) >= 11 is 0. The Morgan fingerprint density at radius 2 is 1.76 bits per heavy atom. The first-order valence-electron chi connectivity index (χ1n) is 9.76. The zero-order valence-electron chi connectivity index (χ0n) is 17.9. The summed E-state index contributed by atoms with van der Waals surface area (Å²) in [5, 5.41) is 15.6. The third-order valence-corrected chi connectivity index (χ3v) is 5.84. The van der Waals surface area contributed by atoms with E-state index in [0.717, 1.165) is 17.2 Å². The van der Waals surface area contributed by atoms with Gasteiger partial charge in [-0.1, -0.05) is 36.4 Å². The van der Waals surface area contributed by atoms with Gasteiger partial charge >= 0.3 is 0 Å². The van der Waals surface area contributed by atoms with Gasteiger partial charge in [-0.3, -0.25) is 20.3 Å². The Labute approximate surface area is 191 Å². The molecular formula is C23H22N4O5S. The lowest BCUT2D eigenvalue weighted by molar-refractivity contribution is -0.384. The molecule has 3 aromatic carbocycles. The Bertz CT molecular complexity index is 1290. The van der Waals surface area contributed by atoms with Gasteiger partial charge in [-0.25, -0.2) is 8.42 Å². The topological polar surface area (TPSA) is 123 Å². The zero-order chi connectivity index (χ0) is 23.8. The van der Waals surface area contributed by atoms with Crippen LogP contribution in [0.3, 0.4) is 0 Å². The van der Waals surface area contributed by atoms with Gasteiger partial charge < -0.3 is 4.74 Å². The van der Waals surface area contributed by atoms with Crippen LogP contribution in [0.4, 0.5) is 17.1 Å². The number of nitro benzene ring substituents is 1. The van der Waals surface area contributed by atoms with Crippen molar-refractivity contribution in [3.8, 4) is 5.75 Å². The Hall–Kier alpha value is -4.18. The molecule has 0 saturated heterocycles. The van der Waals surface area contributed by atoms with E-state index >= 15 is 0 Å². The smallest absolute Gasteiger partial charge is 0.295 e. The second-order valence-electron chi connectivity index (χ2n) is 6.94. The second-order valence-corrected chi connectivity index (χ2v) is 8.62. The summed E-state index contributed by atoms with van der Waals surface area (Å²) in [7, 11) is -2.55. The number of ether oxygens (including phenoxy) is 1. The third kappa shape index (κ3) is 6.40. The van der Waals surface area contributed by atoms with E-state index in [2.05, 4.69) is 15.2 Å².